The molecule has 1 fully saturated rings. The van der Waals surface area contributed by atoms with E-state index in [1.54, 1.807) is 4.90 Å². The molecule has 0 unspecified atom stereocenters. The molecule has 102 valence electrons. The number of aliphatic carboxylic acids is 1. The number of benzene rings is 1. The number of hydrogen-bond donors (Lipinski definition) is 0. The van der Waals surface area contributed by atoms with E-state index in [0.29, 0.717) is 0 Å². The summed E-state index contributed by atoms with van der Waals surface area (Å²) in [5.41, 5.74) is 2.94. The van der Waals surface area contributed by atoms with Crippen LogP contribution in [0, 0.1) is 12.8 Å². The molecule has 4 nitrogen and oxygen atoms in total. The number of carbonyl (C=O) groups is 2. The highest BCUT2D eigenvalue weighted by Gasteiger charge is 2.33. The number of para-hydroxylation sites is 1. The molecule has 0 spiro atoms. The Balaban J connectivity index is 2.42. The summed E-state index contributed by atoms with van der Waals surface area (Å²) in [7, 11) is 0. The van der Waals surface area contributed by atoms with Gasteiger partial charge in [0, 0.05) is 30.5 Å². The number of carbonyl (C=O) groups excluding carboxylic acids is 2. The number of carboxylic acid groups (broad SMARTS) is 1. The van der Waals surface area contributed by atoms with Crippen molar-refractivity contribution in [2.45, 2.75) is 33.1 Å². The predicted molar refractivity (Wildman–Crippen MR) is 70.7 cm³/mol. The van der Waals surface area contributed by atoms with Gasteiger partial charge in [0.2, 0.25) is 5.91 Å². The lowest BCUT2D eigenvalue weighted by Gasteiger charge is -2.24. The van der Waals surface area contributed by atoms with E-state index >= 15 is 0 Å². The molecule has 4 heteroatoms. The third kappa shape index (κ3) is 2.48. The molecule has 1 heterocycles. The van der Waals surface area contributed by atoms with E-state index in [4.69, 9.17) is 0 Å². The summed E-state index contributed by atoms with van der Waals surface area (Å²) in [6.07, 6.45) is 0.0359. The smallest absolute Gasteiger partial charge is 0.227 e. The van der Waals surface area contributed by atoms with Gasteiger partial charge >= 0.3 is 0 Å². The van der Waals surface area contributed by atoms with Crippen molar-refractivity contribution in [1.82, 2.24) is 0 Å². The van der Waals surface area contributed by atoms with E-state index < -0.39 is 11.9 Å². The normalized spacial score (nSPS) is 19.3. The Morgan fingerprint density at radius 2 is 2.11 bits per heavy atom. The molecule has 1 aromatic rings. The van der Waals surface area contributed by atoms with Gasteiger partial charge in [-0.15, -0.1) is 0 Å². The zero-order valence-electron chi connectivity index (χ0n) is 11.5. The van der Waals surface area contributed by atoms with Gasteiger partial charge in [-0.3, -0.25) is 4.79 Å². The number of nitrogens with zero attached hydrogens (tertiary/aromatic N) is 1. The third-order valence-electron chi connectivity index (χ3n) is 3.62. The fourth-order valence-electron chi connectivity index (χ4n) is 2.60. The first-order chi connectivity index (χ1) is 8.91. The first kappa shape index (κ1) is 13.6. The molecule has 19 heavy (non-hydrogen) atoms. The minimum absolute atomic E-state index is 0.0359. The van der Waals surface area contributed by atoms with Crippen LogP contribution in [0.15, 0.2) is 18.2 Å². The van der Waals surface area contributed by atoms with Crippen molar-refractivity contribution in [2.24, 2.45) is 5.92 Å². The van der Waals surface area contributed by atoms with Gasteiger partial charge in [0.15, 0.2) is 0 Å². The second-order valence-corrected chi connectivity index (χ2v) is 5.39. The Morgan fingerprint density at radius 3 is 2.63 bits per heavy atom. The zero-order valence-corrected chi connectivity index (χ0v) is 11.5. The number of carboxylic acids is 1. The van der Waals surface area contributed by atoms with Crippen molar-refractivity contribution < 1.29 is 14.7 Å². The first-order valence-electron chi connectivity index (χ1n) is 6.52. The SMILES string of the molecule is Cc1cccc(C(C)C)c1N1C[C@@H](C(=O)[O-])CC1=O. The average Bonchev–Trinajstić information content (AvgIpc) is 2.71. The minimum Gasteiger partial charge on any atom is -0.550 e. The van der Waals surface area contributed by atoms with Crippen LogP contribution in [0.5, 0.6) is 0 Å². The molecule has 0 saturated carbocycles. The average molecular weight is 260 g/mol. The van der Waals surface area contributed by atoms with Gasteiger partial charge in [0.1, 0.15) is 0 Å². The summed E-state index contributed by atoms with van der Waals surface area (Å²) < 4.78 is 0. The number of aryl methyl sites for hydroxylation is 1. The van der Waals surface area contributed by atoms with Crippen molar-refractivity contribution in [2.75, 3.05) is 11.4 Å². The number of anilines is 1. The van der Waals surface area contributed by atoms with Crippen LogP contribution >= 0.6 is 0 Å². The van der Waals surface area contributed by atoms with E-state index in [9.17, 15) is 14.7 Å². The molecule has 1 aliphatic rings. The van der Waals surface area contributed by atoms with Gasteiger partial charge in [-0.1, -0.05) is 32.0 Å². The summed E-state index contributed by atoms with van der Waals surface area (Å²) in [6, 6.07) is 5.90. The van der Waals surface area contributed by atoms with Crippen LogP contribution in [0.1, 0.15) is 37.3 Å². The second-order valence-electron chi connectivity index (χ2n) is 5.39. The molecule has 0 N–H and O–H groups in total. The van der Waals surface area contributed by atoms with Crippen LogP contribution in [0.4, 0.5) is 5.69 Å². The number of hydrogen-bond acceptors (Lipinski definition) is 3. The maximum atomic E-state index is 12.1. The third-order valence-corrected chi connectivity index (χ3v) is 3.62. The standard InChI is InChI=1S/C15H19NO3/c1-9(2)12-6-4-5-10(3)14(12)16-8-11(15(18)19)7-13(16)17/h4-6,9,11H,7-8H2,1-3H3,(H,18,19)/p-1/t11-/m0/s1. The molecule has 1 atom stereocenters. The van der Waals surface area contributed by atoms with E-state index in [0.717, 1.165) is 16.8 Å². The summed E-state index contributed by atoms with van der Waals surface area (Å²) >= 11 is 0. The molecular weight excluding hydrogens is 242 g/mol. The molecular formula is C15H18NO3-. The Kier molecular flexibility index (Phi) is 3.60. The quantitative estimate of drug-likeness (QED) is 0.821. The van der Waals surface area contributed by atoms with Crippen molar-refractivity contribution in [3.63, 3.8) is 0 Å². The molecule has 1 saturated heterocycles. The number of amides is 1. The highest BCUT2D eigenvalue weighted by Crippen LogP contribution is 2.34. The lowest BCUT2D eigenvalue weighted by Crippen LogP contribution is -2.34. The van der Waals surface area contributed by atoms with Gasteiger partial charge in [-0.2, -0.15) is 0 Å². The molecule has 0 radical (unpaired) electrons. The molecule has 2 rings (SSSR count). The summed E-state index contributed by atoms with van der Waals surface area (Å²) in [5, 5.41) is 10.9. The summed E-state index contributed by atoms with van der Waals surface area (Å²) in [6.45, 7) is 6.29. The predicted octanol–water partition coefficient (Wildman–Crippen LogP) is 1.22. The van der Waals surface area contributed by atoms with Crippen molar-refractivity contribution >= 4 is 17.6 Å². The van der Waals surface area contributed by atoms with Crippen molar-refractivity contribution in [3.05, 3.63) is 29.3 Å². The summed E-state index contributed by atoms with van der Waals surface area (Å²) in [4.78, 5) is 24.6. The van der Waals surface area contributed by atoms with Gasteiger partial charge in [0.05, 0.1) is 0 Å². The highest BCUT2D eigenvalue weighted by atomic mass is 16.4. The lowest BCUT2D eigenvalue weighted by molar-refractivity contribution is -0.310. The van der Waals surface area contributed by atoms with Crippen LogP contribution in [-0.2, 0) is 9.59 Å². The molecule has 0 aromatic heterocycles. The van der Waals surface area contributed by atoms with E-state index in [-0.39, 0.29) is 24.8 Å². The lowest BCUT2D eigenvalue weighted by atomic mass is 9.97. The van der Waals surface area contributed by atoms with Crippen LogP contribution < -0.4 is 10.0 Å². The molecule has 0 bridgehead atoms. The maximum absolute atomic E-state index is 12.1. The second kappa shape index (κ2) is 5.03. The van der Waals surface area contributed by atoms with Crippen LogP contribution in [0.2, 0.25) is 0 Å². The van der Waals surface area contributed by atoms with Crippen LogP contribution in [0.3, 0.4) is 0 Å². The summed E-state index contributed by atoms with van der Waals surface area (Å²) in [5.74, 6) is -1.70. The Labute approximate surface area is 113 Å². The topological polar surface area (TPSA) is 60.4 Å². The van der Waals surface area contributed by atoms with Gasteiger partial charge in [-0.25, -0.2) is 0 Å². The monoisotopic (exact) mass is 260 g/mol. The fraction of sp³-hybridized carbons (Fsp3) is 0.467. The maximum Gasteiger partial charge on any atom is 0.227 e. The van der Waals surface area contributed by atoms with E-state index in [1.807, 2.05) is 25.1 Å². The number of rotatable bonds is 3. The Morgan fingerprint density at radius 1 is 1.42 bits per heavy atom. The highest BCUT2D eigenvalue weighted by molar-refractivity contribution is 6.00. The van der Waals surface area contributed by atoms with Gasteiger partial charge < -0.3 is 14.8 Å². The largest absolute Gasteiger partial charge is 0.550 e. The first-order valence-corrected chi connectivity index (χ1v) is 6.52. The molecule has 0 aliphatic carbocycles. The van der Waals surface area contributed by atoms with Gasteiger partial charge in [0.25, 0.3) is 0 Å². The Bertz CT molecular complexity index is 522. The van der Waals surface area contributed by atoms with Crippen molar-refractivity contribution in [1.29, 1.82) is 0 Å². The van der Waals surface area contributed by atoms with Crippen molar-refractivity contribution in [3.8, 4) is 0 Å². The fourth-order valence-corrected chi connectivity index (χ4v) is 2.60. The van der Waals surface area contributed by atoms with Crippen LogP contribution in [-0.4, -0.2) is 18.4 Å². The Hall–Kier alpha value is -1.84. The van der Waals surface area contributed by atoms with E-state index in [2.05, 4.69) is 13.8 Å². The van der Waals surface area contributed by atoms with E-state index in [1.165, 1.54) is 0 Å². The molecule has 1 amide bonds. The molecule has 1 aromatic carbocycles. The van der Waals surface area contributed by atoms with Crippen LogP contribution in [0.25, 0.3) is 0 Å². The molecule has 1 aliphatic heterocycles. The van der Waals surface area contributed by atoms with Gasteiger partial charge in [-0.05, 0) is 24.0 Å². The minimum atomic E-state index is -1.14. The zero-order chi connectivity index (χ0) is 14.2.